The Morgan fingerprint density at radius 1 is 1.21 bits per heavy atom. The van der Waals surface area contributed by atoms with Crippen LogP contribution in [-0.2, 0) is 9.53 Å². The van der Waals surface area contributed by atoms with Gasteiger partial charge in [0.1, 0.15) is 0 Å². The molecule has 104 valence electrons. The Kier molecular flexibility index (Phi) is 6.22. The van der Waals surface area contributed by atoms with E-state index >= 15 is 0 Å². The third kappa shape index (κ3) is 4.17. The summed E-state index contributed by atoms with van der Waals surface area (Å²) < 4.78 is 4.78. The molecule has 0 radical (unpaired) electrons. The second-order valence-corrected chi connectivity index (χ2v) is 4.32. The number of aliphatic hydroxyl groups excluding tert-OH is 1. The van der Waals surface area contributed by atoms with Crippen molar-refractivity contribution in [2.24, 2.45) is 5.92 Å². The number of Topliss-reactive ketones (excluding diaryl/α,β-unsaturated/α-hetero) is 1. The minimum Gasteiger partial charge on any atom is -0.464 e. The van der Waals surface area contributed by atoms with Gasteiger partial charge in [-0.3, -0.25) is 4.79 Å². The fourth-order valence-corrected chi connectivity index (χ4v) is 1.95. The number of ether oxygens (including phenoxy) is 1. The highest BCUT2D eigenvalue weighted by Crippen LogP contribution is 2.19. The highest BCUT2D eigenvalue weighted by Gasteiger charge is 2.32. The lowest BCUT2D eigenvalue weighted by atomic mass is 9.88. The van der Waals surface area contributed by atoms with Crippen molar-refractivity contribution < 1.29 is 19.4 Å². The Labute approximate surface area is 113 Å². The van der Waals surface area contributed by atoms with E-state index in [0.29, 0.717) is 18.4 Å². The Balaban J connectivity index is 2.88. The molecule has 0 fully saturated rings. The molecular formula is C15H20O4. The van der Waals surface area contributed by atoms with Crippen LogP contribution in [0.15, 0.2) is 30.3 Å². The van der Waals surface area contributed by atoms with Crippen LogP contribution in [0.2, 0.25) is 0 Å². The van der Waals surface area contributed by atoms with E-state index in [9.17, 15) is 14.7 Å². The monoisotopic (exact) mass is 264 g/mol. The van der Waals surface area contributed by atoms with Gasteiger partial charge in [0.05, 0.1) is 12.5 Å². The van der Waals surface area contributed by atoms with Gasteiger partial charge in [0, 0.05) is 5.56 Å². The number of ketones is 1. The van der Waals surface area contributed by atoms with Crippen molar-refractivity contribution in [1.82, 2.24) is 0 Å². The molecule has 0 aromatic heterocycles. The van der Waals surface area contributed by atoms with Gasteiger partial charge >= 0.3 is 5.97 Å². The van der Waals surface area contributed by atoms with E-state index in [1.807, 2.05) is 13.0 Å². The minimum atomic E-state index is -1.40. The SMILES string of the molecule is CCCC(C(=O)c1ccccc1)C(O)C(=O)OCC. The third-order valence-electron chi connectivity index (χ3n) is 2.90. The quantitative estimate of drug-likeness (QED) is 0.606. The number of esters is 1. The van der Waals surface area contributed by atoms with Crippen LogP contribution in [0, 0.1) is 5.92 Å². The first kappa shape index (κ1) is 15.4. The summed E-state index contributed by atoms with van der Waals surface area (Å²) in [5.41, 5.74) is 0.504. The van der Waals surface area contributed by atoms with Crippen LogP contribution in [0.25, 0.3) is 0 Å². The molecule has 1 aromatic rings. The van der Waals surface area contributed by atoms with Crippen LogP contribution in [0.4, 0.5) is 0 Å². The van der Waals surface area contributed by atoms with E-state index < -0.39 is 18.0 Å². The number of carbonyl (C=O) groups is 2. The van der Waals surface area contributed by atoms with E-state index in [1.165, 1.54) is 0 Å². The Morgan fingerprint density at radius 2 is 1.84 bits per heavy atom. The number of benzene rings is 1. The Hall–Kier alpha value is -1.68. The van der Waals surface area contributed by atoms with Crippen LogP contribution in [0.3, 0.4) is 0 Å². The molecule has 0 saturated heterocycles. The molecule has 1 N–H and O–H groups in total. The van der Waals surface area contributed by atoms with Gasteiger partial charge in [-0.2, -0.15) is 0 Å². The first-order chi connectivity index (χ1) is 9.11. The molecule has 0 aliphatic rings. The first-order valence-corrected chi connectivity index (χ1v) is 6.55. The molecule has 0 aliphatic carbocycles. The largest absolute Gasteiger partial charge is 0.464 e. The fraction of sp³-hybridized carbons (Fsp3) is 0.467. The zero-order valence-corrected chi connectivity index (χ0v) is 11.3. The van der Waals surface area contributed by atoms with Gasteiger partial charge < -0.3 is 9.84 Å². The molecule has 19 heavy (non-hydrogen) atoms. The van der Waals surface area contributed by atoms with Crippen LogP contribution in [0.1, 0.15) is 37.0 Å². The molecule has 0 heterocycles. The van der Waals surface area contributed by atoms with Crippen molar-refractivity contribution in [3.8, 4) is 0 Å². The van der Waals surface area contributed by atoms with Crippen LogP contribution < -0.4 is 0 Å². The second kappa shape index (κ2) is 7.69. The molecule has 4 heteroatoms. The third-order valence-corrected chi connectivity index (χ3v) is 2.90. The maximum Gasteiger partial charge on any atom is 0.335 e. The number of carbonyl (C=O) groups excluding carboxylic acids is 2. The summed E-state index contributed by atoms with van der Waals surface area (Å²) in [5.74, 6) is -1.69. The van der Waals surface area contributed by atoms with Gasteiger partial charge in [0.15, 0.2) is 11.9 Å². The van der Waals surface area contributed by atoms with Crippen LogP contribution >= 0.6 is 0 Å². The average molecular weight is 264 g/mol. The molecule has 4 nitrogen and oxygen atoms in total. The number of rotatable bonds is 7. The molecule has 2 atom stereocenters. The molecule has 1 aromatic carbocycles. The first-order valence-electron chi connectivity index (χ1n) is 6.55. The zero-order valence-electron chi connectivity index (χ0n) is 11.3. The number of aliphatic hydroxyl groups is 1. The van der Waals surface area contributed by atoms with E-state index in [4.69, 9.17) is 4.74 Å². The topological polar surface area (TPSA) is 63.6 Å². The van der Waals surface area contributed by atoms with Crippen molar-refractivity contribution in [1.29, 1.82) is 0 Å². The van der Waals surface area contributed by atoms with Crippen LogP contribution in [0.5, 0.6) is 0 Å². The molecule has 0 spiro atoms. The van der Waals surface area contributed by atoms with Crippen molar-refractivity contribution in [3.05, 3.63) is 35.9 Å². The van der Waals surface area contributed by atoms with E-state index in [2.05, 4.69) is 0 Å². The smallest absolute Gasteiger partial charge is 0.335 e. The molecule has 0 saturated carbocycles. The summed E-state index contributed by atoms with van der Waals surface area (Å²) in [5, 5.41) is 9.98. The molecular weight excluding hydrogens is 244 g/mol. The van der Waals surface area contributed by atoms with E-state index in [-0.39, 0.29) is 12.4 Å². The van der Waals surface area contributed by atoms with Gasteiger partial charge in [-0.15, -0.1) is 0 Å². The van der Waals surface area contributed by atoms with Gasteiger partial charge in [0.25, 0.3) is 0 Å². The maximum atomic E-state index is 12.3. The highest BCUT2D eigenvalue weighted by atomic mass is 16.5. The lowest BCUT2D eigenvalue weighted by Gasteiger charge is -2.20. The standard InChI is InChI=1S/C15H20O4/c1-3-8-12(14(17)15(18)19-4-2)13(16)11-9-6-5-7-10-11/h5-7,9-10,12,14,17H,3-4,8H2,1-2H3. The summed E-state index contributed by atoms with van der Waals surface area (Å²) in [6, 6.07) is 8.69. The average Bonchev–Trinajstić information content (AvgIpc) is 2.44. The maximum absolute atomic E-state index is 12.3. The predicted molar refractivity (Wildman–Crippen MR) is 71.8 cm³/mol. The van der Waals surface area contributed by atoms with Gasteiger partial charge in [-0.1, -0.05) is 43.7 Å². The molecule has 0 amide bonds. The van der Waals surface area contributed by atoms with E-state index in [1.54, 1.807) is 31.2 Å². The predicted octanol–water partition coefficient (Wildman–Crippen LogP) is 2.21. The number of hydrogen-bond donors (Lipinski definition) is 1. The Morgan fingerprint density at radius 3 is 2.37 bits per heavy atom. The zero-order chi connectivity index (χ0) is 14.3. The van der Waals surface area contributed by atoms with E-state index in [0.717, 1.165) is 0 Å². The summed E-state index contributed by atoms with van der Waals surface area (Å²) in [4.78, 5) is 23.9. The molecule has 0 bridgehead atoms. The van der Waals surface area contributed by atoms with Gasteiger partial charge in [0.2, 0.25) is 0 Å². The summed E-state index contributed by atoms with van der Waals surface area (Å²) >= 11 is 0. The van der Waals surface area contributed by atoms with Crippen molar-refractivity contribution >= 4 is 11.8 Å². The lowest BCUT2D eigenvalue weighted by Crippen LogP contribution is -2.36. The Bertz CT molecular complexity index is 413. The normalized spacial score (nSPS) is 13.6. The van der Waals surface area contributed by atoms with Gasteiger partial charge in [-0.25, -0.2) is 4.79 Å². The summed E-state index contributed by atoms with van der Waals surface area (Å²) in [6.45, 7) is 3.76. The highest BCUT2D eigenvalue weighted by molar-refractivity contribution is 6.00. The second-order valence-electron chi connectivity index (χ2n) is 4.32. The molecule has 1 rings (SSSR count). The van der Waals surface area contributed by atoms with Crippen LogP contribution in [-0.4, -0.2) is 29.6 Å². The fourth-order valence-electron chi connectivity index (χ4n) is 1.95. The summed E-state index contributed by atoms with van der Waals surface area (Å²) in [7, 11) is 0. The minimum absolute atomic E-state index is 0.189. The molecule has 0 aliphatic heterocycles. The van der Waals surface area contributed by atoms with Crippen molar-refractivity contribution in [3.63, 3.8) is 0 Å². The lowest BCUT2D eigenvalue weighted by molar-refractivity contribution is -0.155. The molecule has 2 unspecified atom stereocenters. The van der Waals surface area contributed by atoms with Crippen molar-refractivity contribution in [2.45, 2.75) is 32.8 Å². The number of hydrogen-bond acceptors (Lipinski definition) is 4. The summed E-state index contributed by atoms with van der Waals surface area (Å²) in [6.07, 6.45) is -0.236. The van der Waals surface area contributed by atoms with Crippen molar-refractivity contribution in [2.75, 3.05) is 6.61 Å². The van der Waals surface area contributed by atoms with Gasteiger partial charge in [-0.05, 0) is 13.3 Å².